The number of aromatic nitrogens is 3. The van der Waals surface area contributed by atoms with E-state index in [1.165, 1.54) is 22.0 Å². The van der Waals surface area contributed by atoms with Crippen LogP contribution in [0.2, 0.25) is 0 Å². The van der Waals surface area contributed by atoms with Gasteiger partial charge in [-0.2, -0.15) is 5.26 Å². The number of nitrogens with two attached hydrogens (primary N) is 1. The zero-order valence-electron chi connectivity index (χ0n) is 17.4. The molecule has 3 N–H and O–H groups in total. The Morgan fingerprint density at radius 3 is 2.53 bits per heavy atom. The number of benzene rings is 2. The van der Waals surface area contributed by atoms with Crippen molar-refractivity contribution >= 4 is 23.4 Å². The van der Waals surface area contributed by atoms with Gasteiger partial charge in [0, 0.05) is 11.3 Å². The average Bonchev–Trinajstić information content (AvgIpc) is 3.07. The summed E-state index contributed by atoms with van der Waals surface area (Å²) >= 11 is 1.22. The number of carbonyl (C=O) groups is 1. The molecule has 7 nitrogen and oxygen atoms in total. The van der Waals surface area contributed by atoms with Gasteiger partial charge in [-0.15, -0.1) is 10.2 Å². The number of carbonyl (C=O) groups excluding carboxylic acids is 1. The van der Waals surface area contributed by atoms with E-state index >= 15 is 0 Å². The van der Waals surface area contributed by atoms with E-state index < -0.39 is 5.25 Å². The molecular weight excluding hydrogens is 396 g/mol. The normalized spacial score (nSPS) is 12.2. The number of amides is 1. The molecule has 0 bridgehead atoms. The third kappa shape index (κ3) is 4.81. The fraction of sp³-hybridized carbons (Fsp3) is 0.273. The summed E-state index contributed by atoms with van der Waals surface area (Å²) in [5, 5.41) is 20.1. The van der Waals surface area contributed by atoms with Gasteiger partial charge in [0.2, 0.25) is 11.1 Å². The fourth-order valence-electron chi connectivity index (χ4n) is 2.80. The quantitative estimate of drug-likeness (QED) is 0.478. The maximum atomic E-state index is 12.5. The highest BCUT2D eigenvalue weighted by Gasteiger charge is 2.21. The minimum atomic E-state index is -0.460. The molecule has 0 fully saturated rings. The predicted octanol–water partition coefficient (Wildman–Crippen LogP) is 3.95. The third-order valence-electron chi connectivity index (χ3n) is 4.58. The number of nitrogens with one attached hydrogen (secondary N) is 1. The fourth-order valence-corrected chi connectivity index (χ4v) is 3.57. The Labute approximate surface area is 180 Å². The number of hydrogen-bond donors (Lipinski definition) is 2. The minimum Gasteiger partial charge on any atom is -0.335 e. The second-order valence-corrected chi connectivity index (χ2v) is 9.25. The summed E-state index contributed by atoms with van der Waals surface area (Å²) in [7, 11) is 0. The number of anilines is 1. The summed E-state index contributed by atoms with van der Waals surface area (Å²) in [6.45, 7) is 8.24. The van der Waals surface area contributed by atoms with Crippen molar-refractivity contribution in [1.82, 2.24) is 14.9 Å². The van der Waals surface area contributed by atoms with Crippen LogP contribution in [0.15, 0.2) is 53.7 Å². The third-order valence-corrected chi connectivity index (χ3v) is 5.64. The molecule has 1 heterocycles. The van der Waals surface area contributed by atoms with E-state index in [1.807, 2.05) is 12.1 Å². The molecule has 1 amide bonds. The van der Waals surface area contributed by atoms with Crippen LogP contribution in [0, 0.1) is 11.3 Å². The van der Waals surface area contributed by atoms with Crippen LogP contribution in [0.5, 0.6) is 0 Å². The van der Waals surface area contributed by atoms with Crippen LogP contribution in [-0.4, -0.2) is 26.0 Å². The number of rotatable bonds is 5. The topological polar surface area (TPSA) is 110 Å². The summed E-state index contributed by atoms with van der Waals surface area (Å²) in [5.74, 6) is 6.52. The Bertz CT molecular complexity index is 1090. The summed E-state index contributed by atoms with van der Waals surface area (Å²) < 4.78 is 1.40. The first-order chi connectivity index (χ1) is 14.2. The van der Waals surface area contributed by atoms with Crippen LogP contribution in [0.3, 0.4) is 0 Å². The van der Waals surface area contributed by atoms with E-state index in [0.29, 0.717) is 22.2 Å². The highest BCUT2D eigenvalue weighted by molar-refractivity contribution is 8.00. The maximum absolute atomic E-state index is 12.5. The molecule has 0 radical (unpaired) electrons. The summed E-state index contributed by atoms with van der Waals surface area (Å²) in [4.78, 5) is 12.5. The smallest absolute Gasteiger partial charge is 0.237 e. The first-order valence-corrected chi connectivity index (χ1v) is 10.4. The van der Waals surface area contributed by atoms with E-state index in [1.54, 1.807) is 31.2 Å². The van der Waals surface area contributed by atoms with Crippen molar-refractivity contribution in [2.45, 2.75) is 43.5 Å². The van der Waals surface area contributed by atoms with Crippen LogP contribution in [0.1, 0.15) is 38.8 Å². The molecular formula is C22H24N6OS. The largest absolute Gasteiger partial charge is 0.335 e. The van der Waals surface area contributed by atoms with Crippen molar-refractivity contribution in [1.29, 1.82) is 5.26 Å². The summed E-state index contributed by atoms with van der Waals surface area (Å²) in [6.07, 6.45) is 0. The van der Waals surface area contributed by atoms with Crippen LogP contribution < -0.4 is 11.2 Å². The SMILES string of the molecule is C[C@H](Sc1nnc(-c2ccc(C(C)(C)C)cc2)n1N)C(=O)Nc1cccc(C#N)c1. The Balaban J connectivity index is 1.71. The van der Waals surface area contributed by atoms with Crippen LogP contribution in [-0.2, 0) is 10.2 Å². The number of thioether (sulfide) groups is 1. The minimum absolute atomic E-state index is 0.0610. The van der Waals surface area contributed by atoms with Gasteiger partial charge in [-0.05, 0) is 36.1 Å². The van der Waals surface area contributed by atoms with Gasteiger partial charge in [0.15, 0.2) is 5.82 Å². The predicted molar refractivity (Wildman–Crippen MR) is 119 cm³/mol. The van der Waals surface area contributed by atoms with E-state index in [4.69, 9.17) is 11.1 Å². The van der Waals surface area contributed by atoms with Crippen molar-refractivity contribution in [3.63, 3.8) is 0 Å². The van der Waals surface area contributed by atoms with Gasteiger partial charge < -0.3 is 11.2 Å². The molecule has 1 atom stereocenters. The average molecular weight is 421 g/mol. The lowest BCUT2D eigenvalue weighted by molar-refractivity contribution is -0.115. The second kappa shape index (κ2) is 8.59. The number of nitrogen functional groups attached to an aromatic ring is 1. The molecule has 1 aromatic heterocycles. The first-order valence-electron chi connectivity index (χ1n) is 9.48. The number of hydrogen-bond acceptors (Lipinski definition) is 6. The molecule has 0 saturated carbocycles. The second-order valence-electron chi connectivity index (χ2n) is 7.95. The molecule has 2 aromatic carbocycles. The summed E-state index contributed by atoms with van der Waals surface area (Å²) in [5.41, 5.74) is 3.19. The van der Waals surface area contributed by atoms with E-state index in [2.05, 4.69) is 54.5 Å². The highest BCUT2D eigenvalue weighted by Crippen LogP contribution is 2.28. The monoisotopic (exact) mass is 420 g/mol. The highest BCUT2D eigenvalue weighted by atomic mass is 32.2. The lowest BCUT2D eigenvalue weighted by atomic mass is 9.87. The lowest BCUT2D eigenvalue weighted by Gasteiger charge is -2.19. The van der Waals surface area contributed by atoms with Crippen LogP contribution in [0.4, 0.5) is 5.69 Å². The number of nitrogens with zero attached hydrogens (tertiary/aromatic N) is 4. The van der Waals surface area contributed by atoms with Crippen molar-refractivity contribution in [3.05, 3.63) is 59.7 Å². The van der Waals surface area contributed by atoms with Crippen molar-refractivity contribution in [2.24, 2.45) is 0 Å². The first kappa shape index (κ1) is 21.4. The van der Waals surface area contributed by atoms with Crippen LogP contribution in [0.25, 0.3) is 11.4 Å². The molecule has 0 aliphatic heterocycles. The zero-order chi connectivity index (χ0) is 21.9. The molecule has 3 rings (SSSR count). The molecule has 154 valence electrons. The van der Waals surface area contributed by atoms with Crippen molar-refractivity contribution in [3.8, 4) is 17.5 Å². The van der Waals surface area contributed by atoms with Gasteiger partial charge >= 0.3 is 0 Å². The maximum Gasteiger partial charge on any atom is 0.237 e. The zero-order valence-corrected chi connectivity index (χ0v) is 18.2. The van der Waals surface area contributed by atoms with Gasteiger partial charge in [-0.1, -0.05) is 62.9 Å². The van der Waals surface area contributed by atoms with Gasteiger partial charge in [-0.25, -0.2) is 4.68 Å². The van der Waals surface area contributed by atoms with E-state index in [-0.39, 0.29) is 11.3 Å². The Morgan fingerprint density at radius 1 is 1.20 bits per heavy atom. The van der Waals surface area contributed by atoms with Crippen molar-refractivity contribution < 1.29 is 4.79 Å². The van der Waals surface area contributed by atoms with Gasteiger partial charge in [0.1, 0.15) is 0 Å². The standard InChI is InChI=1S/C22H24N6OS/c1-14(20(29)25-18-7-5-6-15(12-18)13-23)30-21-27-26-19(28(21)24)16-8-10-17(11-9-16)22(2,3)4/h5-12,14H,24H2,1-4H3,(H,25,29)/t14-/m0/s1. The molecule has 30 heavy (non-hydrogen) atoms. The molecule has 3 aromatic rings. The molecule has 0 spiro atoms. The number of nitriles is 1. The van der Waals surface area contributed by atoms with Crippen LogP contribution >= 0.6 is 11.8 Å². The molecule has 8 heteroatoms. The van der Waals surface area contributed by atoms with E-state index in [0.717, 1.165) is 5.56 Å². The molecule has 0 aliphatic carbocycles. The molecule has 0 aliphatic rings. The van der Waals surface area contributed by atoms with E-state index in [9.17, 15) is 4.79 Å². The molecule has 0 saturated heterocycles. The van der Waals surface area contributed by atoms with Gasteiger partial charge in [0.05, 0.1) is 16.9 Å². The van der Waals surface area contributed by atoms with Gasteiger partial charge in [0.25, 0.3) is 0 Å². The lowest BCUT2D eigenvalue weighted by Crippen LogP contribution is -2.23. The Kier molecular flexibility index (Phi) is 6.13. The molecule has 0 unspecified atom stereocenters. The van der Waals surface area contributed by atoms with Gasteiger partial charge in [-0.3, -0.25) is 4.79 Å². The van der Waals surface area contributed by atoms with Crippen molar-refractivity contribution in [2.75, 3.05) is 11.2 Å². The Hall–Kier alpha value is -3.31. The Morgan fingerprint density at radius 2 is 1.90 bits per heavy atom. The summed E-state index contributed by atoms with van der Waals surface area (Å²) in [6, 6.07) is 16.9.